The van der Waals surface area contributed by atoms with Crippen molar-refractivity contribution in [2.75, 3.05) is 0 Å². The van der Waals surface area contributed by atoms with E-state index in [9.17, 15) is 0 Å². The predicted octanol–water partition coefficient (Wildman–Crippen LogP) is 1.72. The molecule has 0 unspecified atom stereocenters. The first-order chi connectivity index (χ1) is 5.24. The Hall–Kier alpha value is -0.380. The van der Waals surface area contributed by atoms with Crippen LogP contribution in [0, 0.1) is 6.92 Å². The summed E-state index contributed by atoms with van der Waals surface area (Å²) in [4.78, 5) is 0. The highest BCUT2D eigenvalue weighted by molar-refractivity contribution is 9.10. The summed E-state index contributed by atoms with van der Waals surface area (Å²) in [5.74, 6) is 5.21. The number of hydrogen-bond donors (Lipinski definition) is 2. The molecular formula is C8H11BrN2. The highest BCUT2D eigenvalue weighted by Gasteiger charge is 1.96. The van der Waals surface area contributed by atoms with E-state index >= 15 is 0 Å². The molecule has 0 heterocycles. The van der Waals surface area contributed by atoms with Crippen LogP contribution < -0.4 is 11.3 Å². The normalized spacial score (nSPS) is 10.1. The van der Waals surface area contributed by atoms with Gasteiger partial charge in [-0.05, 0) is 30.2 Å². The molecule has 0 amide bonds. The first kappa shape index (κ1) is 8.71. The van der Waals surface area contributed by atoms with Gasteiger partial charge < -0.3 is 0 Å². The number of benzene rings is 1. The topological polar surface area (TPSA) is 38.0 Å². The Kier molecular flexibility index (Phi) is 3.05. The van der Waals surface area contributed by atoms with Crippen molar-refractivity contribution in [3.63, 3.8) is 0 Å². The van der Waals surface area contributed by atoms with Gasteiger partial charge in [0.25, 0.3) is 0 Å². The summed E-state index contributed by atoms with van der Waals surface area (Å²) < 4.78 is 1.09. The fraction of sp³-hybridized carbons (Fsp3) is 0.250. The Labute approximate surface area is 74.9 Å². The number of halogens is 1. The fourth-order valence-electron chi connectivity index (χ4n) is 0.940. The molecule has 0 fully saturated rings. The van der Waals surface area contributed by atoms with Gasteiger partial charge in [0.1, 0.15) is 0 Å². The van der Waals surface area contributed by atoms with Gasteiger partial charge in [0.15, 0.2) is 0 Å². The Balaban J connectivity index is 2.93. The van der Waals surface area contributed by atoms with Gasteiger partial charge in [-0.2, -0.15) is 0 Å². The molecule has 2 nitrogen and oxygen atoms in total. The van der Waals surface area contributed by atoms with Crippen LogP contribution in [0.4, 0.5) is 0 Å². The van der Waals surface area contributed by atoms with Crippen molar-refractivity contribution < 1.29 is 0 Å². The molecule has 1 aromatic rings. The number of aryl methyl sites for hydroxylation is 1. The molecule has 11 heavy (non-hydrogen) atoms. The van der Waals surface area contributed by atoms with Crippen LogP contribution in [0.25, 0.3) is 0 Å². The zero-order valence-corrected chi connectivity index (χ0v) is 7.98. The average molecular weight is 215 g/mol. The molecule has 60 valence electrons. The fourth-order valence-corrected chi connectivity index (χ4v) is 1.35. The maximum Gasteiger partial charge on any atom is 0.0351 e. The Bertz CT molecular complexity index is 248. The third-order valence-electron chi connectivity index (χ3n) is 1.60. The second kappa shape index (κ2) is 3.85. The van der Waals surface area contributed by atoms with E-state index < -0.39 is 0 Å². The van der Waals surface area contributed by atoms with Crippen molar-refractivity contribution in [3.8, 4) is 0 Å². The lowest BCUT2D eigenvalue weighted by molar-refractivity contribution is 0.737. The quantitative estimate of drug-likeness (QED) is 0.582. The van der Waals surface area contributed by atoms with Crippen molar-refractivity contribution in [1.82, 2.24) is 5.43 Å². The minimum Gasteiger partial charge on any atom is -0.271 e. The van der Waals surface area contributed by atoms with E-state index in [2.05, 4.69) is 40.4 Å². The molecule has 0 atom stereocenters. The van der Waals surface area contributed by atoms with E-state index in [1.54, 1.807) is 0 Å². The molecule has 0 spiro atoms. The van der Waals surface area contributed by atoms with Crippen molar-refractivity contribution in [1.29, 1.82) is 0 Å². The summed E-state index contributed by atoms with van der Waals surface area (Å²) in [6.07, 6.45) is 0. The van der Waals surface area contributed by atoms with Crippen LogP contribution in [-0.4, -0.2) is 0 Å². The van der Waals surface area contributed by atoms with E-state index in [0.29, 0.717) is 6.54 Å². The van der Waals surface area contributed by atoms with Crippen molar-refractivity contribution in [2.24, 2.45) is 5.84 Å². The van der Waals surface area contributed by atoms with Crippen LogP contribution in [0.5, 0.6) is 0 Å². The Morgan fingerprint density at radius 1 is 1.55 bits per heavy atom. The second-order valence-corrected chi connectivity index (χ2v) is 3.37. The van der Waals surface area contributed by atoms with Crippen molar-refractivity contribution >= 4 is 15.9 Å². The molecule has 0 aliphatic rings. The van der Waals surface area contributed by atoms with E-state index in [0.717, 1.165) is 4.47 Å². The van der Waals surface area contributed by atoms with Gasteiger partial charge in [-0.3, -0.25) is 11.3 Å². The van der Waals surface area contributed by atoms with Gasteiger partial charge in [0.2, 0.25) is 0 Å². The summed E-state index contributed by atoms with van der Waals surface area (Å²) >= 11 is 3.40. The zero-order valence-electron chi connectivity index (χ0n) is 6.39. The number of hydrazine groups is 1. The first-order valence-electron chi connectivity index (χ1n) is 3.42. The number of nitrogens with one attached hydrogen (secondary N) is 1. The lowest BCUT2D eigenvalue weighted by Crippen LogP contribution is -2.21. The molecule has 1 aromatic carbocycles. The molecule has 1 rings (SSSR count). The third-order valence-corrected chi connectivity index (χ3v) is 2.10. The third kappa shape index (κ3) is 2.29. The van der Waals surface area contributed by atoms with Gasteiger partial charge in [0.05, 0.1) is 0 Å². The van der Waals surface area contributed by atoms with E-state index in [4.69, 9.17) is 5.84 Å². The molecule has 0 aromatic heterocycles. The molecule has 0 bridgehead atoms. The van der Waals surface area contributed by atoms with Gasteiger partial charge in [0, 0.05) is 11.0 Å². The van der Waals surface area contributed by atoms with E-state index in [-0.39, 0.29) is 0 Å². The maximum absolute atomic E-state index is 5.21. The highest BCUT2D eigenvalue weighted by Crippen LogP contribution is 2.15. The molecule has 0 aliphatic carbocycles. The Morgan fingerprint density at radius 3 is 2.91 bits per heavy atom. The smallest absolute Gasteiger partial charge is 0.0351 e. The van der Waals surface area contributed by atoms with Crippen LogP contribution in [0.1, 0.15) is 11.1 Å². The predicted molar refractivity (Wildman–Crippen MR) is 49.9 cm³/mol. The minimum absolute atomic E-state index is 0.714. The summed E-state index contributed by atoms with van der Waals surface area (Å²) in [7, 11) is 0. The zero-order chi connectivity index (χ0) is 8.27. The van der Waals surface area contributed by atoms with Crippen LogP contribution in [0.2, 0.25) is 0 Å². The second-order valence-electron chi connectivity index (χ2n) is 2.45. The van der Waals surface area contributed by atoms with Crippen LogP contribution in [0.15, 0.2) is 22.7 Å². The monoisotopic (exact) mass is 214 g/mol. The van der Waals surface area contributed by atoms with Gasteiger partial charge in [-0.25, -0.2) is 0 Å². The standard InChI is InChI=1S/C8H11BrN2/c1-6-2-3-8(9)4-7(6)5-11-10/h2-4,11H,5,10H2,1H3. The molecule has 0 saturated heterocycles. The summed E-state index contributed by atoms with van der Waals surface area (Å²) in [6.45, 7) is 2.78. The molecule has 0 radical (unpaired) electrons. The largest absolute Gasteiger partial charge is 0.271 e. The first-order valence-corrected chi connectivity index (χ1v) is 4.22. The molecule has 3 heteroatoms. The number of hydrogen-bond acceptors (Lipinski definition) is 2. The summed E-state index contributed by atoms with van der Waals surface area (Å²) in [5, 5.41) is 0. The van der Waals surface area contributed by atoms with Gasteiger partial charge >= 0.3 is 0 Å². The number of rotatable bonds is 2. The molecular weight excluding hydrogens is 204 g/mol. The van der Waals surface area contributed by atoms with E-state index in [1.807, 2.05) is 6.07 Å². The summed E-state index contributed by atoms with van der Waals surface area (Å²) in [5.41, 5.74) is 5.11. The molecule has 3 N–H and O–H groups in total. The van der Waals surface area contributed by atoms with Crippen molar-refractivity contribution in [3.05, 3.63) is 33.8 Å². The van der Waals surface area contributed by atoms with Crippen molar-refractivity contribution in [2.45, 2.75) is 13.5 Å². The maximum atomic E-state index is 5.21. The van der Waals surface area contributed by atoms with E-state index in [1.165, 1.54) is 11.1 Å². The number of nitrogens with two attached hydrogens (primary N) is 1. The molecule has 0 saturated carbocycles. The van der Waals surface area contributed by atoms with Crippen LogP contribution in [0.3, 0.4) is 0 Å². The Morgan fingerprint density at radius 2 is 2.27 bits per heavy atom. The van der Waals surface area contributed by atoms with Gasteiger partial charge in [-0.1, -0.05) is 22.0 Å². The lowest BCUT2D eigenvalue weighted by atomic mass is 10.1. The highest BCUT2D eigenvalue weighted by atomic mass is 79.9. The summed E-state index contributed by atoms with van der Waals surface area (Å²) in [6, 6.07) is 6.15. The van der Waals surface area contributed by atoms with Crippen LogP contribution >= 0.6 is 15.9 Å². The lowest BCUT2D eigenvalue weighted by Gasteiger charge is -2.04. The van der Waals surface area contributed by atoms with Crippen LogP contribution in [-0.2, 0) is 6.54 Å². The van der Waals surface area contributed by atoms with Gasteiger partial charge in [-0.15, -0.1) is 0 Å². The SMILES string of the molecule is Cc1ccc(Br)cc1CNN. The minimum atomic E-state index is 0.714. The molecule has 0 aliphatic heterocycles. The average Bonchev–Trinajstić information content (AvgIpc) is 1.98.